The van der Waals surface area contributed by atoms with Gasteiger partial charge in [-0.05, 0) is 43.4 Å². The minimum Gasteiger partial charge on any atom is -0.356 e. The predicted octanol–water partition coefficient (Wildman–Crippen LogP) is 2.74. The zero-order valence-electron chi connectivity index (χ0n) is 13.6. The summed E-state index contributed by atoms with van der Waals surface area (Å²) in [7, 11) is 1.97. The lowest BCUT2D eigenvalue weighted by Crippen LogP contribution is -2.21. The van der Waals surface area contributed by atoms with Crippen molar-refractivity contribution in [3.8, 4) is 0 Å². The van der Waals surface area contributed by atoms with Gasteiger partial charge in [-0.15, -0.1) is 0 Å². The molecule has 4 rings (SSSR count). The summed E-state index contributed by atoms with van der Waals surface area (Å²) in [6.45, 7) is 4.23. The van der Waals surface area contributed by atoms with Gasteiger partial charge in [0, 0.05) is 31.7 Å². The molecule has 1 atom stereocenters. The van der Waals surface area contributed by atoms with Gasteiger partial charge in [-0.3, -0.25) is 4.68 Å². The number of hydrogen-bond donors (Lipinski definition) is 0. The summed E-state index contributed by atoms with van der Waals surface area (Å²) >= 11 is 0. The third-order valence-corrected chi connectivity index (χ3v) is 4.64. The molecule has 1 fully saturated rings. The molecule has 1 aliphatic rings. The summed E-state index contributed by atoms with van der Waals surface area (Å²) < 4.78 is 1.88. The van der Waals surface area contributed by atoms with Gasteiger partial charge < -0.3 is 4.90 Å². The lowest BCUT2D eigenvalue weighted by Gasteiger charge is -2.19. The third kappa shape index (κ3) is 2.79. The number of fused-ring (bicyclic) bond motifs is 1. The summed E-state index contributed by atoms with van der Waals surface area (Å²) in [6, 6.07) is 6.38. The minimum atomic E-state index is 0.661. The fraction of sp³-hybridized carbons (Fsp3) is 0.389. The Kier molecular flexibility index (Phi) is 3.48. The maximum Gasteiger partial charge on any atom is 0.139 e. The van der Waals surface area contributed by atoms with Crippen LogP contribution in [0.5, 0.6) is 0 Å². The maximum absolute atomic E-state index is 4.57. The largest absolute Gasteiger partial charge is 0.356 e. The molecule has 23 heavy (non-hydrogen) atoms. The fourth-order valence-corrected chi connectivity index (χ4v) is 3.51. The number of hydrogen-bond acceptors (Lipinski definition) is 4. The third-order valence-electron chi connectivity index (χ3n) is 4.64. The van der Waals surface area contributed by atoms with Crippen molar-refractivity contribution >= 4 is 16.7 Å². The molecule has 0 radical (unpaired) electrons. The Morgan fingerprint density at radius 3 is 3.00 bits per heavy atom. The number of rotatable bonds is 3. The molecular formula is C18H21N5. The van der Waals surface area contributed by atoms with Crippen LogP contribution in [0, 0.1) is 12.8 Å². The first kappa shape index (κ1) is 14.2. The van der Waals surface area contributed by atoms with E-state index in [1.165, 1.54) is 17.5 Å². The van der Waals surface area contributed by atoms with Gasteiger partial charge in [0.25, 0.3) is 0 Å². The number of aryl methyl sites for hydroxylation is 2. The second-order valence-electron chi connectivity index (χ2n) is 6.54. The van der Waals surface area contributed by atoms with Crippen molar-refractivity contribution in [1.29, 1.82) is 0 Å². The highest BCUT2D eigenvalue weighted by molar-refractivity contribution is 5.89. The van der Waals surface area contributed by atoms with Crippen LogP contribution in [0.15, 0.2) is 36.9 Å². The Balaban J connectivity index is 1.56. The average Bonchev–Trinajstić information content (AvgIpc) is 3.16. The van der Waals surface area contributed by atoms with Gasteiger partial charge in [0.2, 0.25) is 0 Å². The summed E-state index contributed by atoms with van der Waals surface area (Å²) in [5.41, 5.74) is 3.60. The smallest absolute Gasteiger partial charge is 0.139 e. The van der Waals surface area contributed by atoms with E-state index in [9.17, 15) is 0 Å². The second kappa shape index (κ2) is 5.65. The predicted molar refractivity (Wildman–Crippen MR) is 91.5 cm³/mol. The second-order valence-corrected chi connectivity index (χ2v) is 6.54. The van der Waals surface area contributed by atoms with E-state index in [1.807, 2.05) is 17.9 Å². The Bertz CT molecular complexity index is 838. The summed E-state index contributed by atoms with van der Waals surface area (Å²) in [6.07, 6.45) is 8.07. The standard InChI is InChI=1S/C18H21N5/c1-13-3-4-17-16(7-13)18(20-12-19-17)23-6-5-14(11-23)8-15-9-21-22(2)10-15/h3-4,7,9-10,12,14H,5-6,8,11H2,1-2H3. The monoisotopic (exact) mass is 307 g/mol. The summed E-state index contributed by atoms with van der Waals surface area (Å²) in [5.74, 6) is 1.74. The van der Waals surface area contributed by atoms with Crippen LogP contribution in [0.4, 0.5) is 5.82 Å². The molecular weight excluding hydrogens is 286 g/mol. The number of anilines is 1. The summed E-state index contributed by atoms with van der Waals surface area (Å²) in [5, 5.41) is 5.43. The zero-order valence-corrected chi connectivity index (χ0v) is 13.6. The van der Waals surface area contributed by atoms with Crippen LogP contribution in [0.2, 0.25) is 0 Å². The van der Waals surface area contributed by atoms with Crippen LogP contribution >= 0.6 is 0 Å². The van der Waals surface area contributed by atoms with E-state index in [-0.39, 0.29) is 0 Å². The molecule has 118 valence electrons. The molecule has 0 saturated carbocycles. The Labute approximate surface area is 136 Å². The van der Waals surface area contributed by atoms with E-state index in [4.69, 9.17) is 0 Å². The molecule has 3 heterocycles. The van der Waals surface area contributed by atoms with Crippen LogP contribution in [0.1, 0.15) is 17.5 Å². The minimum absolute atomic E-state index is 0.661. The number of nitrogens with zero attached hydrogens (tertiary/aromatic N) is 5. The van der Waals surface area contributed by atoms with Crippen LogP contribution < -0.4 is 4.90 Å². The molecule has 1 aliphatic heterocycles. The van der Waals surface area contributed by atoms with Crippen LogP contribution in [-0.4, -0.2) is 32.8 Å². The molecule has 1 aromatic carbocycles. The molecule has 1 saturated heterocycles. The molecule has 5 nitrogen and oxygen atoms in total. The van der Waals surface area contributed by atoms with Crippen LogP contribution in [0.25, 0.3) is 10.9 Å². The molecule has 1 unspecified atom stereocenters. The highest BCUT2D eigenvalue weighted by Crippen LogP contribution is 2.29. The molecule has 0 spiro atoms. The summed E-state index contributed by atoms with van der Waals surface area (Å²) in [4.78, 5) is 11.4. The highest BCUT2D eigenvalue weighted by atomic mass is 15.2. The van der Waals surface area contributed by atoms with Gasteiger partial charge in [-0.25, -0.2) is 9.97 Å². The zero-order chi connectivity index (χ0) is 15.8. The maximum atomic E-state index is 4.57. The van der Waals surface area contributed by atoms with Crippen molar-refractivity contribution < 1.29 is 0 Å². The molecule has 0 bridgehead atoms. The topological polar surface area (TPSA) is 46.8 Å². The Morgan fingerprint density at radius 2 is 2.17 bits per heavy atom. The van der Waals surface area contributed by atoms with Gasteiger partial charge in [-0.2, -0.15) is 5.10 Å². The fourth-order valence-electron chi connectivity index (χ4n) is 3.51. The first-order valence-electron chi connectivity index (χ1n) is 8.13. The van der Waals surface area contributed by atoms with Crippen molar-refractivity contribution in [2.75, 3.05) is 18.0 Å². The number of benzene rings is 1. The van der Waals surface area contributed by atoms with Gasteiger partial charge in [0.05, 0.1) is 11.7 Å². The number of aromatic nitrogens is 4. The normalized spacial score (nSPS) is 18.0. The van der Waals surface area contributed by atoms with Crippen molar-refractivity contribution in [3.05, 3.63) is 48.0 Å². The van der Waals surface area contributed by atoms with Crippen molar-refractivity contribution in [1.82, 2.24) is 19.7 Å². The molecule has 0 aliphatic carbocycles. The lowest BCUT2D eigenvalue weighted by molar-refractivity contribution is 0.586. The molecule has 0 amide bonds. The quantitative estimate of drug-likeness (QED) is 0.746. The average molecular weight is 307 g/mol. The first-order chi connectivity index (χ1) is 11.2. The Morgan fingerprint density at radius 1 is 1.26 bits per heavy atom. The van der Waals surface area contributed by atoms with Gasteiger partial charge in [-0.1, -0.05) is 11.6 Å². The van der Waals surface area contributed by atoms with Gasteiger partial charge in [0.15, 0.2) is 0 Å². The van der Waals surface area contributed by atoms with Crippen LogP contribution in [-0.2, 0) is 13.5 Å². The van der Waals surface area contributed by atoms with E-state index < -0.39 is 0 Å². The first-order valence-corrected chi connectivity index (χ1v) is 8.13. The van der Waals surface area contributed by atoms with Gasteiger partial charge in [0.1, 0.15) is 12.1 Å². The highest BCUT2D eigenvalue weighted by Gasteiger charge is 2.25. The van der Waals surface area contributed by atoms with E-state index in [0.29, 0.717) is 5.92 Å². The SMILES string of the molecule is Cc1ccc2ncnc(N3CCC(Cc4cnn(C)c4)C3)c2c1. The lowest BCUT2D eigenvalue weighted by atomic mass is 10.0. The van der Waals surface area contributed by atoms with Crippen LogP contribution in [0.3, 0.4) is 0 Å². The van der Waals surface area contributed by atoms with Crippen molar-refractivity contribution in [2.24, 2.45) is 13.0 Å². The van der Waals surface area contributed by atoms with Crippen molar-refractivity contribution in [3.63, 3.8) is 0 Å². The van der Waals surface area contributed by atoms with Gasteiger partial charge >= 0.3 is 0 Å². The molecule has 2 aromatic heterocycles. The molecule has 3 aromatic rings. The van der Waals surface area contributed by atoms with Crippen molar-refractivity contribution in [2.45, 2.75) is 19.8 Å². The molecule has 0 N–H and O–H groups in total. The molecule has 5 heteroatoms. The van der Waals surface area contributed by atoms with E-state index in [2.05, 4.69) is 51.3 Å². The Hall–Kier alpha value is -2.43. The van der Waals surface area contributed by atoms with E-state index in [1.54, 1.807) is 6.33 Å². The van der Waals surface area contributed by atoms with E-state index >= 15 is 0 Å². The van der Waals surface area contributed by atoms with E-state index in [0.717, 1.165) is 36.2 Å².